The highest BCUT2D eigenvalue weighted by atomic mass is 19.1. The zero-order valence-corrected chi connectivity index (χ0v) is 16.1. The molecule has 0 amide bonds. The molecule has 3 aromatic heterocycles. The van der Waals surface area contributed by atoms with Crippen LogP contribution in [0.25, 0.3) is 5.65 Å². The Morgan fingerprint density at radius 3 is 3.03 bits per heavy atom. The summed E-state index contributed by atoms with van der Waals surface area (Å²) in [7, 11) is 0. The molecule has 2 unspecified atom stereocenters. The Kier molecular flexibility index (Phi) is 5.14. The van der Waals surface area contributed by atoms with Gasteiger partial charge in [0.2, 0.25) is 0 Å². The van der Waals surface area contributed by atoms with Gasteiger partial charge in [-0.2, -0.15) is 5.10 Å². The molecular formula is C20H23FN6O2. The van der Waals surface area contributed by atoms with Crippen LogP contribution in [0.15, 0.2) is 30.7 Å². The van der Waals surface area contributed by atoms with Crippen molar-refractivity contribution < 1.29 is 14.3 Å². The molecule has 3 aromatic rings. The van der Waals surface area contributed by atoms with Crippen LogP contribution in [0.3, 0.4) is 0 Å². The first-order chi connectivity index (χ1) is 13.9. The van der Waals surface area contributed by atoms with E-state index in [1.165, 1.54) is 16.9 Å². The molecule has 8 nitrogen and oxygen atoms in total. The summed E-state index contributed by atoms with van der Waals surface area (Å²) in [6.07, 6.45) is 7.43. The van der Waals surface area contributed by atoms with Crippen LogP contribution in [0.1, 0.15) is 53.8 Å². The first kappa shape index (κ1) is 19.3. The van der Waals surface area contributed by atoms with Gasteiger partial charge in [-0.15, -0.1) is 0 Å². The average Bonchev–Trinajstić information content (AvgIpc) is 3.33. The highest BCUT2D eigenvalue weighted by Crippen LogP contribution is 2.37. The van der Waals surface area contributed by atoms with Gasteiger partial charge in [0.1, 0.15) is 17.2 Å². The van der Waals surface area contributed by atoms with Gasteiger partial charge in [0.25, 0.3) is 0 Å². The molecule has 1 aliphatic heterocycles. The number of anilines is 1. The topological polar surface area (TPSA) is 110 Å². The summed E-state index contributed by atoms with van der Waals surface area (Å²) in [4.78, 5) is 22.4. The molecule has 1 aliphatic rings. The van der Waals surface area contributed by atoms with Gasteiger partial charge in [-0.3, -0.25) is 4.98 Å². The van der Waals surface area contributed by atoms with Crippen LogP contribution in [0.2, 0.25) is 0 Å². The highest BCUT2D eigenvalue weighted by molar-refractivity contribution is 5.94. The highest BCUT2D eigenvalue weighted by Gasteiger charge is 2.30. The Bertz CT molecular complexity index is 1050. The number of carbonyl (C=O) groups is 1. The van der Waals surface area contributed by atoms with Crippen molar-refractivity contribution in [1.29, 1.82) is 0 Å². The maximum absolute atomic E-state index is 14.0. The Morgan fingerprint density at radius 1 is 1.45 bits per heavy atom. The molecule has 2 atom stereocenters. The lowest BCUT2D eigenvalue weighted by Gasteiger charge is -2.27. The molecule has 9 heteroatoms. The van der Waals surface area contributed by atoms with Gasteiger partial charge in [-0.1, -0.05) is 0 Å². The molecule has 0 spiro atoms. The second-order valence-corrected chi connectivity index (χ2v) is 7.47. The van der Waals surface area contributed by atoms with Gasteiger partial charge in [-0.05, 0) is 50.3 Å². The first-order valence-electron chi connectivity index (χ1n) is 9.68. The number of fused-ring (bicyclic) bond motifs is 1. The summed E-state index contributed by atoms with van der Waals surface area (Å²) in [6.45, 7) is 2.68. The summed E-state index contributed by atoms with van der Waals surface area (Å²) in [5.74, 6) is -0.802. The molecule has 0 aliphatic carbocycles. The van der Waals surface area contributed by atoms with Gasteiger partial charge in [0.15, 0.2) is 5.65 Å². The maximum atomic E-state index is 14.0. The van der Waals surface area contributed by atoms with E-state index in [-0.39, 0.29) is 29.1 Å². The van der Waals surface area contributed by atoms with Crippen LogP contribution in [0.5, 0.6) is 0 Å². The fraction of sp³-hybridized carbons (Fsp3) is 0.400. The molecular weight excluding hydrogens is 375 g/mol. The third kappa shape index (κ3) is 3.77. The molecule has 0 bridgehead atoms. The predicted molar refractivity (Wildman–Crippen MR) is 105 cm³/mol. The molecule has 152 valence electrons. The van der Waals surface area contributed by atoms with E-state index in [0.29, 0.717) is 12.2 Å². The van der Waals surface area contributed by atoms with Gasteiger partial charge >= 0.3 is 5.97 Å². The van der Waals surface area contributed by atoms with E-state index < -0.39 is 5.97 Å². The standard InChI is InChI=1S/C20H23FN6O2/c1-12(22)4-5-16-14(9-13(21)10-23-16)17-3-2-7-26(17)18-6-8-27-19(25-18)15(11-24-27)20(28)29/h6,8-12,17H,2-5,7,22H2,1H3,(H,28,29). The van der Waals surface area contributed by atoms with Crippen LogP contribution in [0.4, 0.5) is 10.2 Å². The number of aromatic nitrogens is 4. The second kappa shape index (κ2) is 7.75. The van der Waals surface area contributed by atoms with Crippen molar-refractivity contribution in [1.82, 2.24) is 19.6 Å². The Morgan fingerprint density at radius 2 is 2.28 bits per heavy atom. The van der Waals surface area contributed by atoms with Crippen LogP contribution in [-0.2, 0) is 6.42 Å². The summed E-state index contributed by atoms with van der Waals surface area (Å²) >= 11 is 0. The normalized spacial score (nSPS) is 17.8. The minimum atomic E-state index is -1.07. The number of aryl methyl sites for hydroxylation is 1. The van der Waals surface area contributed by atoms with Gasteiger partial charge in [0.05, 0.1) is 18.4 Å². The minimum absolute atomic E-state index is 0.0368. The summed E-state index contributed by atoms with van der Waals surface area (Å²) in [5.41, 5.74) is 7.92. The monoisotopic (exact) mass is 398 g/mol. The van der Waals surface area contributed by atoms with E-state index in [4.69, 9.17) is 5.73 Å². The molecule has 1 fully saturated rings. The zero-order chi connectivity index (χ0) is 20.5. The Labute approximate surface area is 167 Å². The number of hydrogen-bond donors (Lipinski definition) is 2. The fourth-order valence-electron chi connectivity index (χ4n) is 3.88. The Hall–Kier alpha value is -3.07. The van der Waals surface area contributed by atoms with Crippen molar-refractivity contribution in [3.63, 3.8) is 0 Å². The molecule has 29 heavy (non-hydrogen) atoms. The van der Waals surface area contributed by atoms with Gasteiger partial charge < -0.3 is 15.7 Å². The molecule has 0 radical (unpaired) electrons. The van der Waals surface area contributed by atoms with Crippen LogP contribution < -0.4 is 10.6 Å². The van der Waals surface area contributed by atoms with E-state index in [9.17, 15) is 14.3 Å². The quantitative estimate of drug-likeness (QED) is 0.657. The zero-order valence-electron chi connectivity index (χ0n) is 16.1. The van der Waals surface area contributed by atoms with Crippen molar-refractivity contribution >= 4 is 17.4 Å². The van der Waals surface area contributed by atoms with Crippen LogP contribution in [-0.4, -0.2) is 43.2 Å². The van der Waals surface area contributed by atoms with Crippen LogP contribution >= 0.6 is 0 Å². The van der Waals surface area contributed by atoms with Crippen molar-refractivity contribution in [2.45, 2.75) is 44.7 Å². The largest absolute Gasteiger partial charge is 0.477 e. The fourth-order valence-corrected chi connectivity index (χ4v) is 3.88. The SMILES string of the molecule is CC(N)CCc1ncc(F)cc1C1CCCN1c1ccn2ncc(C(=O)O)c2n1. The van der Waals surface area contributed by atoms with Crippen molar-refractivity contribution in [3.8, 4) is 0 Å². The van der Waals surface area contributed by atoms with Crippen molar-refractivity contribution in [3.05, 3.63) is 53.4 Å². The summed E-state index contributed by atoms with van der Waals surface area (Å²) in [6, 6.07) is 3.31. The van der Waals surface area contributed by atoms with E-state index in [0.717, 1.165) is 37.1 Å². The van der Waals surface area contributed by atoms with E-state index in [1.54, 1.807) is 18.3 Å². The first-order valence-corrected chi connectivity index (χ1v) is 9.68. The number of carboxylic acid groups (broad SMARTS) is 1. The van der Waals surface area contributed by atoms with Gasteiger partial charge in [0, 0.05) is 24.5 Å². The Balaban J connectivity index is 1.71. The molecule has 1 saturated heterocycles. The number of hydrogen-bond acceptors (Lipinski definition) is 6. The molecule has 4 rings (SSSR count). The lowest BCUT2D eigenvalue weighted by molar-refractivity contribution is 0.0698. The minimum Gasteiger partial charge on any atom is -0.477 e. The third-order valence-electron chi connectivity index (χ3n) is 5.30. The van der Waals surface area contributed by atoms with Gasteiger partial charge in [-0.25, -0.2) is 18.7 Å². The van der Waals surface area contributed by atoms with Crippen molar-refractivity contribution in [2.24, 2.45) is 5.73 Å². The number of pyridine rings is 1. The molecule has 0 saturated carbocycles. The number of aromatic carboxylic acids is 1. The van der Waals surface area contributed by atoms with E-state index >= 15 is 0 Å². The maximum Gasteiger partial charge on any atom is 0.341 e. The summed E-state index contributed by atoms with van der Waals surface area (Å²) < 4.78 is 15.5. The molecule has 4 heterocycles. The number of nitrogens with two attached hydrogens (primary N) is 1. The summed E-state index contributed by atoms with van der Waals surface area (Å²) in [5, 5.41) is 13.4. The van der Waals surface area contributed by atoms with Crippen molar-refractivity contribution in [2.75, 3.05) is 11.4 Å². The number of carboxylic acids is 1. The second-order valence-electron chi connectivity index (χ2n) is 7.47. The smallest absolute Gasteiger partial charge is 0.341 e. The lowest BCUT2D eigenvalue weighted by atomic mass is 9.98. The average molecular weight is 398 g/mol. The van der Waals surface area contributed by atoms with E-state index in [2.05, 4.69) is 20.0 Å². The predicted octanol–water partition coefficient (Wildman–Crippen LogP) is 2.58. The van der Waals surface area contributed by atoms with Crippen LogP contribution in [0, 0.1) is 5.82 Å². The lowest BCUT2D eigenvalue weighted by Crippen LogP contribution is -2.25. The van der Waals surface area contributed by atoms with E-state index in [1.807, 2.05) is 6.92 Å². The number of halogens is 1. The third-order valence-corrected chi connectivity index (χ3v) is 5.30. The molecule has 0 aromatic carbocycles. The number of nitrogens with zero attached hydrogens (tertiary/aromatic N) is 5. The number of rotatable bonds is 6. The molecule has 3 N–H and O–H groups in total.